The van der Waals surface area contributed by atoms with E-state index in [9.17, 15) is 9.90 Å². The van der Waals surface area contributed by atoms with Gasteiger partial charge in [0, 0.05) is 11.6 Å². The van der Waals surface area contributed by atoms with Crippen LogP contribution in [0.3, 0.4) is 0 Å². The van der Waals surface area contributed by atoms with E-state index in [-0.39, 0.29) is 25.4 Å². The molecule has 1 fully saturated rings. The number of benzene rings is 1. The molecule has 0 amide bonds. The number of aliphatic hydroxyl groups is 1. The van der Waals surface area contributed by atoms with E-state index in [1.807, 2.05) is 13.0 Å². The predicted molar refractivity (Wildman–Crippen MR) is 97.2 cm³/mol. The van der Waals surface area contributed by atoms with Gasteiger partial charge in [0.1, 0.15) is 25.1 Å². The lowest BCUT2D eigenvalue weighted by Crippen LogP contribution is -2.31. The van der Waals surface area contributed by atoms with Gasteiger partial charge in [-0.25, -0.2) is 4.79 Å². The third-order valence-corrected chi connectivity index (χ3v) is 4.26. The number of halogens is 1. The lowest BCUT2D eigenvalue weighted by molar-refractivity contribution is -0.243. The molecule has 0 bridgehead atoms. The molecule has 1 heterocycles. The molecule has 0 aliphatic carbocycles. The second kappa shape index (κ2) is 9.92. The molecule has 1 N–H and O–H groups in total. The van der Waals surface area contributed by atoms with Crippen molar-refractivity contribution >= 4 is 17.6 Å². The van der Waals surface area contributed by atoms with Crippen LogP contribution in [0.5, 0.6) is 5.75 Å². The van der Waals surface area contributed by atoms with Crippen LogP contribution >= 0.6 is 11.6 Å². The van der Waals surface area contributed by atoms with Crippen LogP contribution in [0.4, 0.5) is 0 Å². The molecule has 7 heteroatoms. The summed E-state index contributed by atoms with van der Waals surface area (Å²) in [5, 5.41) is 10.2. The zero-order valence-electron chi connectivity index (χ0n) is 15.0. The number of esters is 1. The highest BCUT2D eigenvalue weighted by Gasteiger charge is 2.28. The Morgan fingerprint density at radius 3 is 2.88 bits per heavy atom. The van der Waals surface area contributed by atoms with E-state index in [1.54, 1.807) is 12.1 Å². The van der Waals surface area contributed by atoms with Crippen LogP contribution in [0.15, 0.2) is 30.9 Å². The summed E-state index contributed by atoms with van der Waals surface area (Å²) in [5.74, 6) is -0.182. The maximum absolute atomic E-state index is 11.0. The fourth-order valence-corrected chi connectivity index (χ4v) is 2.81. The number of carbonyl (C=O) groups excluding carboxylic acids is 1. The summed E-state index contributed by atoms with van der Waals surface area (Å²) in [6, 6.07) is 5.25. The van der Waals surface area contributed by atoms with Crippen molar-refractivity contribution in [1.82, 2.24) is 0 Å². The molecule has 0 radical (unpaired) electrons. The molecule has 0 saturated carbocycles. The topological polar surface area (TPSA) is 74.2 Å². The Bertz CT molecular complexity index is 620. The summed E-state index contributed by atoms with van der Waals surface area (Å²) in [4.78, 5) is 11.0. The first-order chi connectivity index (χ1) is 12.4. The van der Waals surface area contributed by atoms with Crippen LogP contribution in [0, 0.1) is 0 Å². The Morgan fingerprint density at radius 2 is 2.23 bits per heavy atom. The second-order valence-corrected chi connectivity index (χ2v) is 6.58. The van der Waals surface area contributed by atoms with Gasteiger partial charge in [-0.15, -0.1) is 0 Å². The molecule has 1 aliphatic rings. The summed E-state index contributed by atoms with van der Waals surface area (Å²) in [5.41, 5.74) is 0.813. The third kappa shape index (κ3) is 5.99. The van der Waals surface area contributed by atoms with Crippen molar-refractivity contribution in [2.75, 3.05) is 13.2 Å². The quantitative estimate of drug-likeness (QED) is 0.547. The third-order valence-electron chi connectivity index (χ3n) is 3.97. The SMILES string of the molecule is C=CC(=O)OCC(O)COc1ccc(C2OC(C)CC(CC)O2)cc1Cl. The van der Waals surface area contributed by atoms with E-state index in [4.69, 9.17) is 30.5 Å². The molecule has 26 heavy (non-hydrogen) atoms. The van der Waals surface area contributed by atoms with Crippen molar-refractivity contribution in [3.63, 3.8) is 0 Å². The maximum atomic E-state index is 11.0. The highest BCUT2D eigenvalue weighted by molar-refractivity contribution is 6.32. The van der Waals surface area contributed by atoms with E-state index >= 15 is 0 Å². The van der Waals surface area contributed by atoms with Gasteiger partial charge in [-0.2, -0.15) is 0 Å². The van der Waals surface area contributed by atoms with Gasteiger partial charge >= 0.3 is 5.97 Å². The number of hydrogen-bond donors (Lipinski definition) is 1. The van der Waals surface area contributed by atoms with E-state index < -0.39 is 18.4 Å². The largest absolute Gasteiger partial charge is 0.489 e. The number of hydrogen-bond acceptors (Lipinski definition) is 6. The number of ether oxygens (including phenoxy) is 4. The lowest BCUT2D eigenvalue weighted by atomic mass is 10.1. The molecule has 1 saturated heterocycles. The molecule has 4 unspecified atom stereocenters. The van der Waals surface area contributed by atoms with Gasteiger partial charge in [0.25, 0.3) is 0 Å². The average molecular weight is 385 g/mol. The molecule has 0 aromatic heterocycles. The van der Waals surface area contributed by atoms with Gasteiger partial charge in [0.05, 0.1) is 17.2 Å². The lowest BCUT2D eigenvalue weighted by Gasteiger charge is -2.34. The Labute approximate surface area is 158 Å². The zero-order chi connectivity index (χ0) is 19.1. The number of aliphatic hydroxyl groups excluding tert-OH is 1. The highest BCUT2D eigenvalue weighted by atomic mass is 35.5. The van der Waals surface area contributed by atoms with Crippen LogP contribution < -0.4 is 4.74 Å². The van der Waals surface area contributed by atoms with E-state index in [0.29, 0.717) is 10.8 Å². The van der Waals surface area contributed by atoms with Crippen LogP contribution in [-0.2, 0) is 19.0 Å². The second-order valence-electron chi connectivity index (χ2n) is 6.17. The first kappa shape index (κ1) is 20.7. The molecule has 1 aliphatic heterocycles. The van der Waals surface area contributed by atoms with Gasteiger partial charge in [-0.1, -0.05) is 31.2 Å². The van der Waals surface area contributed by atoms with E-state index in [1.165, 1.54) is 0 Å². The fraction of sp³-hybridized carbons (Fsp3) is 0.526. The Morgan fingerprint density at radius 1 is 1.46 bits per heavy atom. The first-order valence-electron chi connectivity index (χ1n) is 8.63. The van der Waals surface area contributed by atoms with E-state index in [2.05, 4.69) is 13.5 Å². The van der Waals surface area contributed by atoms with Crippen molar-refractivity contribution in [3.05, 3.63) is 41.4 Å². The van der Waals surface area contributed by atoms with E-state index in [0.717, 1.165) is 24.5 Å². The minimum Gasteiger partial charge on any atom is -0.489 e. The van der Waals surface area contributed by atoms with Crippen LogP contribution in [0.25, 0.3) is 0 Å². The van der Waals surface area contributed by atoms with Gasteiger partial charge in [-0.05, 0) is 31.9 Å². The van der Waals surface area contributed by atoms with Gasteiger partial charge in [0.2, 0.25) is 0 Å². The number of carbonyl (C=O) groups is 1. The predicted octanol–water partition coefficient (Wildman–Crippen LogP) is 3.41. The minimum absolute atomic E-state index is 0.0607. The van der Waals surface area contributed by atoms with Gasteiger partial charge < -0.3 is 24.1 Å². The highest BCUT2D eigenvalue weighted by Crippen LogP contribution is 2.34. The Kier molecular flexibility index (Phi) is 7.90. The summed E-state index contributed by atoms with van der Waals surface area (Å²) in [7, 11) is 0. The zero-order valence-corrected chi connectivity index (χ0v) is 15.8. The van der Waals surface area contributed by atoms with Crippen molar-refractivity contribution in [3.8, 4) is 5.75 Å². The molecule has 144 valence electrons. The average Bonchev–Trinajstić information content (AvgIpc) is 2.64. The summed E-state index contributed by atoms with van der Waals surface area (Å²) < 4.78 is 22.0. The molecule has 2 rings (SSSR count). The molecular weight excluding hydrogens is 360 g/mol. The van der Waals surface area contributed by atoms with Crippen molar-refractivity contribution < 1.29 is 28.8 Å². The first-order valence-corrected chi connectivity index (χ1v) is 9.01. The summed E-state index contributed by atoms with van der Waals surface area (Å²) in [6.07, 6.45) is 1.67. The van der Waals surface area contributed by atoms with Crippen LogP contribution in [-0.4, -0.2) is 42.6 Å². The maximum Gasteiger partial charge on any atom is 0.330 e. The smallest absolute Gasteiger partial charge is 0.330 e. The molecule has 1 aromatic rings. The van der Waals surface area contributed by atoms with Gasteiger partial charge in [-0.3, -0.25) is 0 Å². The Hall–Kier alpha value is -1.60. The van der Waals surface area contributed by atoms with Gasteiger partial charge in [0.15, 0.2) is 6.29 Å². The molecule has 1 aromatic carbocycles. The van der Waals surface area contributed by atoms with Crippen molar-refractivity contribution in [2.45, 2.75) is 51.3 Å². The Balaban J connectivity index is 1.92. The molecule has 0 spiro atoms. The summed E-state index contributed by atoms with van der Waals surface area (Å²) >= 11 is 6.27. The fourth-order valence-electron chi connectivity index (χ4n) is 2.57. The van der Waals surface area contributed by atoms with Crippen LogP contribution in [0.2, 0.25) is 5.02 Å². The monoisotopic (exact) mass is 384 g/mol. The molecule has 4 atom stereocenters. The molecular formula is C19H25ClO6. The molecule has 6 nitrogen and oxygen atoms in total. The standard InChI is InChI=1S/C19H25ClO6/c1-4-15-8-12(3)25-19(26-15)13-6-7-17(16(20)9-13)23-10-14(21)11-24-18(22)5-2/h5-7,9,12,14-15,19,21H,2,4,8,10-11H2,1,3H3. The normalized spacial score (nSPS) is 23.9. The van der Waals surface area contributed by atoms with Crippen LogP contribution in [0.1, 0.15) is 38.5 Å². The van der Waals surface area contributed by atoms with Crippen molar-refractivity contribution in [1.29, 1.82) is 0 Å². The minimum atomic E-state index is -0.967. The number of rotatable bonds is 8. The summed E-state index contributed by atoms with van der Waals surface area (Å²) in [6.45, 7) is 7.15. The van der Waals surface area contributed by atoms with Crippen molar-refractivity contribution in [2.24, 2.45) is 0 Å².